The predicted octanol–water partition coefficient (Wildman–Crippen LogP) is 0.283. The molecule has 2 rings (SSSR count). The van der Waals surface area contributed by atoms with Crippen molar-refractivity contribution in [3.8, 4) is 5.88 Å². The summed E-state index contributed by atoms with van der Waals surface area (Å²) in [6.45, 7) is 0. The number of primary amides is 1. The molecule has 0 bridgehead atoms. The van der Waals surface area contributed by atoms with E-state index in [1.54, 1.807) is 0 Å². The zero-order chi connectivity index (χ0) is 11.5. The number of amides is 2. The van der Waals surface area contributed by atoms with E-state index in [4.69, 9.17) is 5.73 Å². The van der Waals surface area contributed by atoms with Crippen LogP contribution < -0.4 is 15.8 Å². The summed E-state index contributed by atoms with van der Waals surface area (Å²) in [7, 11) is 0. The van der Waals surface area contributed by atoms with Gasteiger partial charge in [-0.2, -0.15) is 0 Å². The van der Waals surface area contributed by atoms with Crippen LogP contribution in [0.3, 0.4) is 0 Å². The average Bonchev–Trinajstić information content (AvgIpc) is 2.99. The van der Waals surface area contributed by atoms with E-state index in [1.807, 2.05) is 0 Å². The number of hydrogen-bond donors (Lipinski definition) is 2. The van der Waals surface area contributed by atoms with Crippen LogP contribution in [0.2, 0.25) is 0 Å². The molecule has 0 radical (unpaired) electrons. The van der Waals surface area contributed by atoms with Crippen LogP contribution in [0.4, 0.5) is 10.6 Å². The van der Waals surface area contributed by atoms with Gasteiger partial charge in [0.15, 0.2) is 0 Å². The fourth-order valence-electron chi connectivity index (χ4n) is 1.14. The molecule has 2 amide bonds. The minimum absolute atomic E-state index is 0.00796. The number of rotatable bonds is 3. The van der Waals surface area contributed by atoms with E-state index in [0.717, 1.165) is 12.8 Å². The number of hydrogen-bond acceptors (Lipinski definition) is 5. The molecule has 16 heavy (non-hydrogen) atoms. The van der Waals surface area contributed by atoms with Crippen molar-refractivity contribution in [2.75, 3.05) is 5.32 Å². The Kier molecular flexibility index (Phi) is 2.67. The van der Waals surface area contributed by atoms with Crippen molar-refractivity contribution in [3.05, 3.63) is 12.4 Å². The lowest BCUT2D eigenvalue weighted by atomic mass is 10.4. The molecule has 0 aromatic carbocycles. The summed E-state index contributed by atoms with van der Waals surface area (Å²) in [6, 6.07) is 1.34. The van der Waals surface area contributed by atoms with Crippen molar-refractivity contribution in [1.82, 2.24) is 9.97 Å². The molecule has 0 atom stereocenters. The Bertz CT molecular complexity index is 431. The molecule has 1 fully saturated rings. The number of carbonyl (C=O) groups excluding carboxylic acids is 2. The molecule has 1 heterocycles. The first kappa shape index (κ1) is 10.3. The monoisotopic (exact) mass is 222 g/mol. The van der Waals surface area contributed by atoms with Crippen LogP contribution in [0.1, 0.15) is 12.8 Å². The lowest BCUT2D eigenvalue weighted by Crippen LogP contribution is -2.18. The van der Waals surface area contributed by atoms with Gasteiger partial charge in [0.05, 0.1) is 0 Å². The maximum Gasteiger partial charge on any atom is 0.411 e. The van der Waals surface area contributed by atoms with Crippen molar-refractivity contribution >= 4 is 17.8 Å². The molecule has 7 nitrogen and oxygen atoms in total. The van der Waals surface area contributed by atoms with Gasteiger partial charge in [-0.15, -0.1) is 0 Å². The fourth-order valence-corrected chi connectivity index (χ4v) is 1.14. The Labute approximate surface area is 91.0 Å². The molecule has 1 aromatic rings. The standard InChI is InChI=1S/C9H10N4O3/c10-9(15)16-7-3-6(11-4-12-7)13-8(14)5-1-2-5/h3-5H,1-2H2,(H2,10,15)(H,11,12,13,14). The topological polar surface area (TPSA) is 107 Å². The predicted molar refractivity (Wildman–Crippen MR) is 53.6 cm³/mol. The Hall–Kier alpha value is -2.18. The van der Waals surface area contributed by atoms with E-state index >= 15 is 0 Å². The van der Waals surface area contributed by atoms with Gasteiger partial charge in [-0.3, -0.25) is 4.79 Å². The summed E-state index contributed by atoms with van der Waals surface area (Å²) >= 11 is 0. The molecule has 1 saturated carbocycles. The second-order valence-corrected chi connectivity index (χ2v) is 3.43. The number of nitrogens with two attached hydrogens (primary N) is 1. The van der Waals surface area contributed by atoms with Gasteiger partial charge in [-0.05, 0) is 12.8 Å². The Morgan fingerprint density at radius 3 is 2.81 bits per heavy atom. The van der Waals surface area contributed by atoms with Crippen LogP contribution in [0.15, 0.2) is 12.4 Å². The highest BCUT2D eigenvalue weighted by Crippen LogP contribution is 2.30. The molecule has 84 valence electrons. The molecule has 3 N–H and O–H groups in total. The van der Waals surface area contributed by atoms with E-state index in [2.05, 4.69) is 20.0 Å². The second-order valence-electron chi connectivity index (χ2n) is 3.43. The second kappa shape index (κ2) is 4.13. The van der Waals surface area contributed by atoms with Crippen LogP contribution >= 0.6 is 0 Å². The Morgan fingerprint density at radius 2 is 2.19 bits per heavy atom. The van der Waals surface area contributed by atoms with Gasteiger partial charge in [0.1, 0.15) is 12.1 Å². The lowest BCUT2D eigenvalue weighted by Gasteiger charge is -2.04. The highest BCUT2D eigenvalue weighted by atomic mass is 16.6. The van der Waals surface area contributed by atoms with Gasteiger partial charge in [0.25, 0.3) is 0 Å². The smallest absolute Gasteiger partial charge is 0.391 e. The van der Waals surface area contributed by atoms with E-state index in [0.29, 0.717) is 5.82 Å². The summed E-state index contributed by atoms with van der Waals surface area (Å²) in [5.74, 6) is 0.302. The largest absolute Gasteiger partial charge is 0.411 e. The molecule has 1 aromatic heterocycles. The molecule has 0 unspecified atom stereocenters. The van der Waals surface area contributed by atoms with Crippen LogP contribution in [0.5, 0.6) is 5.88 Å². The van der Waals surface area contributed by atoms with Crippen molar-refractivity contribution in [3.63, 3.8) is 0 Å². The fraction of sp³-hybridized carbons (Fsp3) is 0.333. The summed E-state index contributed by atoms with van der Waals surface area (Å²) < 4.78 is 4.55. The molecule has 1 aliphatic rings. The summed E-state index contributed by atoms with van der Waals surface area (Å²) in [6.07, 6.45) is 2.03. The number of anilines is 1. The summed E-state index contributed by atoms with van der Waals surface area (Å²) in [5.41, 5.74) is 4.83. The summed E-state index contributed by atoms with van der Waals surface area (Å²) in [5, 5.41) is 2.60. The quantitative estimate of drug-likeness (QED) is 0.763. The first-order valence-electron chi connectivity index (χ1n) is 4.75. The highest BCUT2D eigenvalue weighted by molar-refractivity contribution is 5.93. The zero-order valence-electron chi connectivity index (χ0n) is 8.34. The summed E-state index contributed by atoms with van der Waals surface area (Å²) in [4.78, 5) is 29.4. The van der Waals surface area contributed by atoms with Gasteiger partial charge < -0.3 is 15.8 Å². The van der Waals surface area contributed by atoms with Crippen molar-refractivity contribution in [2.45, 2.75) is 12.8 Å². The number of ether oxygens (including phenoxy) is 1. The van der Waals surface area contributed by atoms with E-state index in [9.17, 15) is 9.59 Å². The van der Waals surface area contributed by atoms with Crippen molar-refractivity contribution < 1.29 is 14.3 Å². The maximum absolute atomic E-state index is 11.4. The average molecular weight is 222 g/mol. The Morgan fingerprint density at radius 1 is 1.44 bits per heavy atom. The van der Waals surface area contributed by atoms with Crippen LogP contribution in [0.25, 0.3) is 0 Å². The molecule has 0 saturated heterocycles. The maximum atomic E-state index is 11.4. The van der Waals surface area contributed by atoms with Gasteiger partial charge >= 0.3 is 6.09 Å². The SMILES string of the molecule is NC(=O)Oc1cc(NC(=O)C2CC2)ncn1. The minimum Gasteiger partial charge on any atom is -0.391 e. The zero-order valence-corrected chi connectivity index (χ0v) is 8.34. The van der Waals surface area contributed by atoms with Gasteiger partial charge in [-0.1, -0.05) is 0 Å². The molecule has 7 heteroatoms. The number of nitrogens with zero attached hydrogens (tertiary/aromatic N) is 2. The van der Waals surface area contributed by atoms with Crippen molar-refractivity contribution in [2.24, 2.45) is 11.7 Å². The van der Waals surface area contributed by atoms with E-state index in [1.165, 1.54) is 12.4 Å². The van der Waals surface area contributed by atoms with Gasteiger partial charge in [-0.25, -0.2) is 14.8 Å². The number of aromatic nitrogens is 2. The number of nitrogens with one attached hydrogen (secondary N) is 1. The Balaban J connectivity index is 2.03. The third kappa shape index (κ3) is 2.66. The van der Waals surface area contributed by atoms with E-state index in [-0.39, 0.29) is 17.7 Å². The number of carbonyl (C=O) groups is 2. The van der Waals surface area contributed by atoms with Gasteiger partial charge in [0.2, 0.25) is 11.8 Å². The van der Waals surface area contributed by atoms with Crippen LogP contribution in [-0.2, 0) is 4.79 Å². The van der Waals surface area contributed by atoms with Crippen LogP contribution in [0, 0.1) is 5.92 Å². The van der Waals surface area contributed by atoms with Crippen molar-refractivity contribution in [1.29, 1.82) is 0 Å². The molecular formula is C9H10N4O3. The molecule has 0 aliphatic heterocycles. The first-order valence-corrected chi connectivity index (χ1v) is 4.75. The lowest BCUT2D eigenvalue weighted by molar-refractivity contribution is -0.117. The highest BCUT2D eigenvalue weighted by Gasteiger charge is 2.29. The normalized spacial score (nSPS) is 14.2. The van der Waals surface area contributed by atoms with E-state index < -0.39 is 6.09 Å². The third-order valence-corrected chi connectivity index (χ3v) is 2.05. The molecule has 0 spiro atoms. The minimum atomic E-state index is -0.960. The first-order chi connectivity index (χ1) is 7.65. The van der Waals surface area contributed by atoms with Crippen LogP contribution in [-0.4, -0.2) is 22.0 Å². The molecular weight excluding hydrogens is 212 g/mol. The molecule has 1 aliphatic carbocycles. The van der Waals surface area contributed by atoms with Gasteiger partial charge in [0, 0.05) is 12.0 Å². The third-order valence-electron chi connectivity index (χ3n) is 2.05.